The molecule has 1 atom stereocenters. The van der Waals surface area contributed by atoms with E-state index in [0.29, 0.717) is 13.0 Å². The lowest BCUT2D eigenvalue weighted by Gasteiger charge is -2.16. The smallest absolute Gasteiger partial charge is 0.306 e. The van der Waals surface area contributed by atoms with Crippen molar-refractivity contribution in [2.75, 3.05) is 6.61 Å². The van der Waals surface area contributed by atoms with Gasteiger partial charge in [-0.25, -0.2) is 0 Å². The van der Waals surface area contributed by atoms with Crippen molar-refractivity contribution in [1.82, 2.24) is 0 Å². The highest BCUT2D eigenvalue weighted by molar-refractivity contribution is 5.77. The topological polar surface area (TPSA) is 52.6 Å². The third kappa shape index (κ3) is 7.49. The van der Waals surface area contributed by atoms with Crippen molar-refractivity contribution in [1.29, 1.82) is 0 Å². The lowest BCUT2D eigenvalue weighted by atomic mass is 10.1. The van der Waals surface area contributed by atoms with Gasteiger partial charge in [0.1, 0.15) is 6.10 Å². The molecule has 116 valence electrons. The second-order valence-electron chi connectivity index (χ2n) is 5.40. The molecule has 0 aliphatic rings. The summed E-state index contributed by atoms with van der Waals surface area (Å²) in [6.07, 6.45) is 0.688. The first-order valence-electron chi connectivity index (χ1n) is 7.38. The monoisotopic (exact) mass is 292 g/mol. The van der Waals surface area contributed by atoms with E-state index in [9.17, 15) is 9.59 Å². The summed E-state index contributed by atoms with van der Waals surface area (Å²) in [4.78, 5) is 23.1. The highest BCUT2D eigenvalue weighted by Crippen LogP contribution is 2.08. The molecular weight excluding hydrogens is 268 g/mol. The summed E-state index contributed by atoms with van der Waals surface area (Å²) in [6.45, 7) is 6.15. The molecular formula is C17H24O4. The zero-order valence-electron chi connectivity index (χ0n) is 13.0. The number of benzene rings is 1. The molecule has 0 saturated carbocycles. The average molecular weight is 292 g/mol. The van der Waals surface area contributed by atoms with E-state index in [-0.39, 0.29) is 36.8 Å². The van der Waals surface area contributed by atoms with Crippen molar-refractivity contribution in [2.45, 2.75) is 46.1 Å². The first-order chi connectivity index (χ1) is 9.99. The van der Waals surface area contributed by atoms with Crippen LogP contribution in [-0.2, 0) is 25.5 Å². The van der Waals surface area contributed by atoms with Crippen LogP contribution >= 0.6 is 0 Å². The Hall–Kier alpha value is -1.84. The zero-order chi connectivity index (χ0) is 15.7. The molecule has 0 spiro atoms. The minimum atomic E-state index is -0.361. The normalized spacial score (nSPS) is 12.0. The van der Waals surface area contributed by atoms with Crippen molar-refractivity contribution in [2.24, 2.45) is 5.92 Å². The van der Waals surface area contributed by atoms with Crippen molar-refractivity contribution < 1.29 is 19.1 Å². The minimum Gasteiger partial charge on any atom is -0.465 e. The van der Waals surface area contributed by atoms with Gasteiger partial charge in [-0.2, -0.15) is 0 Å². The molecule has 0 saturated heterocycles. The first kappa shape index (κ1) is 17.2. The average Bonchev–Trinajstić information content (AvgIpc) is 2.46. The lowest BCUT2D eigenvalue weighted by Crippen LogP contribution is -2.21. The summed E-state index contributed by atoms with van der Waals surface area (Å²) < 4.78 is 10.3. The predicted molar refractivity (Wildman–Crippen MR) is 80.7 cm³/mol. The number of carbonyl (C=O) groups is 2. The Kier molecular flexibility index (Phi) is 7.51. The van der Waals surface area contributed by atoms with E-state index in [2.05, 4.69) is 0 Å². The maximum absolute atomic E-state index is 11.5. The summed E-state index contributed by atoms with van der Waals surface area (Å²) in [5, 5.41) is 0. The van der Waals surface area contributed by atoms with Gasteiger partial charge in [-0.15, -0.1) is 0 Å². The molecule has 0 bridgehead atoms. The summed E-state index contributed by atoms with van der Waals surface area (Å²) in [7, 11) is 0. The Bertz CT molecular complexity index is 439. The molecule has 0 amide bonds. The predicted octanol–water partition coefficient (Wildman–Crippen LogP) is 3.14. The quantitative estimate of drug-likeness (QED) is 0.691. The third-order valence-electron chi connectivity index (χ3n) is 3.29. The lowest BCUT2D eigenvalue weighted by molar-refractivity contribution is -0.154. The van der Waals surface area contributed by atoms with Crippen LogP contribution < -0.4 is 0 Å². The van der Waals surface area contributed by atoms with Gasteiger partial charge in [0.2, 0.25) is 0 Å². The largest absolute Gasteiger partial charge is 0.465 e. The molecule has 1 aromatic rings. The van der Waals surface area contributed by atoms with E-state index in [4.69, 9.17) is 9.47 Å². The molecule has 1 rings (SSSR count). The van der Waals surface area contributed by atoms with Gasteiger partial charge in [-0.3, -0.25) is 9.59 Å². The summed E-state index contributed by atoms with van der Waals surface area (Å²) >= 11 is 0. The van der Waals surface area contributed by atoms with Gasteiger partial charge < -0.3 is 9.47 Å². The van der Waals surface area contributed by atoms with Crippen LogP contribution in [0.5, 0.6) is 0 Å². The van der Waals surface area contributed by atoms with E-state index >= 15 is 0 Å². The third-order valence-corrected chi connectivity index (χ3v) is 3.29. The van der Waals surface area contributed by atoms with Crippen LogP contribution in [0.1, 0.15) is 39.2 Å². The van der Waals surface area contributed by atoms with Crippen molar-refractivity contribution in [3.63, 3.8) is 0 Å². The van der Waals surface area contributed by atoms with Gasteiger partial charge in [0.15, 0.2) is 0 Å². The van der Waals surface area contributed by atoms with Crippen LogP contribution in [0.25, 0.3) is 0 Å². The molecule has 1 aromatic carbocycles. The van der Waals surface area contributed by atoms with Gasteiger partial charge in [0.05, 0.1) is 19.4 Å². The van der Waals surface area contributed by atoms with E-state index in [0.717, 1.165) is 5.56 Å². The van der Waals surface area contributed by atoms with Gasteiger partial charge in [0.25, 0.3) is 0 Å². The molecule has 4 heteroatoms. The molecule has 0 N–H and O–H groups in total. The molecule has 0 aliphatic carbocycles. The summed E-state index contributed by atoms with van der Waals surface area (Å²) in [5.74, 6) is -0.442. The molecule has 0 radical (unpaired) electrons. The maximum atomic E-state index is 11.5. The van der Waals surface area contributed by atoms with Gasteiger partial charge in [-0.1, -0.05) is 44.2 Å². The Labute approximate surface area is 126 Å². The Morgan fingerprint density at radius 2 is 1.62 bits per heavy atom. The van der Waals surface area contributed by atoms with Crippen molar-refractivity contribution in [3.05, 3.63) is 35.9 Å². The van der Waals surface area contributed by atoms with E-state index in [1.54, 1.807) is 0 Å². The van der Waals surface area contributed by atoms with E-state index in [1.165, 1.54) is 0 Å². The molecule has 4 nitrogen and oxygen atoms in total. The van der Waals surface area contributed by atoms with Gasteiger partial charge in [0, 0.05) is 6.42 Å². The second kappa shape index (κ2) is 9.16. The van der Waals surface area contributed by atoms with Crippen molar-refractivity contribution in [3.8, 4) is 0 Å². The number of hydrogen-bond acceptors (Lipinski definition) is 4. The van der Waals surface area contributed by atoms with Crippen LogP contribution in [-0.4, -0.2) is 24.6 Å². The number of rotatable bonds is 8. The molecule has 0 fully saturated rings. The van der Waals surface area contributed by atoms with Crippen LogP contribution in [0, 0.1) is 5.92 Å². The van der Waals surface area contributed by atoms with Crippen LogP contribution in [0.2, 0.25) is 0 Å². The maximum Gasteiger partial charge on any atom is 0.306 e. The van der Waals surface area contributed by atoms with Gasteiger partial charge in [-0.05, 0) is 18.4 Å². The Morgan fingerprint density at radius 1 is 1.00 bits per heavy atom. The Morgan fingerprint density at radius 3 is 2.24 bits per heavy atom. The fraction of sp³-hybridized carbons (Fsp3) is 0.529. The van der Waals surface area contributed by atoms with Crippen molar-refractivity contribution >= 4 is 11.9 Å². The number of esters is 2. The molecule has 0 heterocycles. The minimum absolute atomic E-state index is 0.0679. The Balaban J connectivity index is 2.15. The highest BCUT2D eigenvalue weighted by Gasteiger charge is 2.14. The molecule has 0 aliphatic heterocycles. The van der Waals surface area contributed by atoms with Crippen LogP contribution in [0.3, 0.4) is 0 Å². The van der Waals surface area contributed by atoms with Crippen LogP contribution in [0.4, 0.5) is 0 Å². The van der Waals surface area contributed by atoms with Crippen LogP contribution in [0.15, 0.2) is 30.3 Å². The number of ether oxygens (including phenoxy) is 2. The van der Waals surface area contributed by atoms with Gasteiger partial charge >= 0.3 is 11.9 Å². The number of carbonyl (C=O) groups excluding carboxylic acids is 2. The van der Waals surface area contributed by atoms with E-state index in [1.807, 2.05) is 51.1 Å². The summed E-state index contributed by atoms with van der Waals surface area (Å²) in [6, 6.07) is 9.81. The summed E-state index contributed by atoms with van der Waals surface area (Å²) in [5.41, 5.74) is 1.12. The fourth-order valence-corrected chi connectivity index (χ4v) is 1.61. The SMILES string of the molecule is CC(C)C(C)OC(=O)CCC(=O)OCCc1ccccc1. The standard InChI is InChI=1S/C17H24O4/c1-13(2)14(3)21-17(19)10-9-16(18)20-12-11-15-7-5-4-6-8-15/h4-8,13-14H,9-12H2,1-3H3. The fourth-order valence-electron chi connectivity index (χ4n) is 1.61. The zero-order valence-corrected chi connectivity index (χ0v) is 13.0. The molecule has 21 heavy (non-hydrogen) atoms. The molecule has 1 unspecified atom stereocenters. The van der Waals surface area contributed by atoms with E-state index < -0.39 is 0 Å². The highest BCUT2D eigenvalue weighted by atomic mass is 16.5. The first-order valence-corrected chi connectivity index (χ1v) is 7.38. The molecule has 0 aromatic heterocycles. The second-order valence-corrected chi connectivity index (χ2v) is 5.40. The number of hydrogen-bond donors (Lipinski definition) is 0.